The number of halogens is 1. The van der Waals surface area contributed by atoms with E-state index < -0.39 is 34.1 Å². The second-order valence-corrected chi connectivity index (χ2v) is 7.05. The largest absolute Gasteiger partial charge is 0.497 e. The molecule has 0 aliphatic heterocycles. The van der Waals surface area contributed by atoms with Crippen LogP contribution in [0.15, 0.2) is 53.4 Å². The molecule has 0 aliphatic carbocycles. The van der Waals surface area contributed by atoms with Crippen LogP contribution in [0.2, 0.25) is 0 Å². The first kappa shape index (κ1) is 22.5. The Labute approximate surface area is 176 Å². The van der Waals surface area contributed by atoms with E-state index in [4.69, 9.17) is 25.8 Å². The third-order valence-electron chi connectivity index (χ3n) is 3.84. The van der Waals surface area contributed by atoms with Gasteiger partial charge < -0.3 is 14.2 Å². The van der Waals surface area contributed by atoms with Crippen LogP contribution in [0.3, 0.4) is 0 Å². The quantitative estimate of drug-likeness (QED) is 0.191. The third-order valence-corrected chi connectivity index (χ3v) is 5.43. The van der Waals surface area contributed by atoms with Gasteiger partial charge in [-0.15, -0.1) is 23.4 Å². The lowest BCUT2D eigenvalue weighted by molar-refractivity contribution is -0.387. The molecule has 0 spiro atoms. The molecule has 8 nitrogen and oxygen atoms in total. The number of para-hydroxylation sites is 1. The first-order chi connectivity index (χ1) is 13.9. The lowest BCUT2D eigenvalue weighted by Gasteiger charge is -2.25. The number of rotatable bonds is 9. The Kier molecular flexibility index (Phi) is 8.29. The van der Waals surface area contributed by atoms with Crippen LogP contribution < -0.4 is 4.74 Å². The van der Waals surface area contributed by atoms with E-state index in [0.29, 0.717) is 16.2 Å². The molecule has 0 saturated carbocycles. The molecule has 0 heterocycles. The highest BCUT2D eigenvalue weighted by Crippen LogP contribution is 2.43. The maximum absolute atomic E-state index is 12.4. The predicted molar refractivity (Wildman–Crippen MR) is 107 cm³/mol. The molecule has 0 unspecified atom stereocenters. The minimum atomic E-state index is -1.37. The Morgan fingerprint density at radius 2 is 1.79 bits per heavy atom. The van der Waals surface area contributed by atoms with Gasteiger partial charge in [-0.1, -0.05) is 24.3 Å². The van der Waals surface area contributed by atoms with Crippen molar-refractivity contribution in [2.45, 2.75) is 16.2 Å². The van der Waals surface area contributed by atoms with Gasteiger partial charge in [-0.25, -0.2) is 4.79 Å². The van der Waals surface area contributed by atoms with Crippen LogP contribution in [0.1, 0.15) is 10.8 Å². The van der Waals surface area contributed by atoms with Crippen molar-refractivity contribution in [3.63, 3.8) is 0 Å². The molecular weight excluding hydrogens is 422 g/mol. The van der Waals surface area contributed by atoms with Gasteiger partial charge in [0, 0.05) is 6.07 Å². The molecular formula is C19H18ClNO7S. The molecule has 0 fully saturated rings. The summed E-state index contributed by atoms with van der Waals surface area (Å²) in [6.07, 6.45) is -1.37. The average molecular weight is 440 g/mol. The van der Waals surface area contributed by atoms with Crippen LogP contribution in [0.5, 0.6) is 5.75 Å². The number of carbonyl (C=O) groups excluding carboxylic acids is 2. The fraction of sp³-hybridized carbons (Fsp3) is 0.263. The monoisotopic (exact) mass is 439 g/mol. The van der Waals surface area contributed by atoms with Crippen molar-refractivity contribution in [3.8, 4) is 5.75 Å². The van der Waals surface area contributed by atoms with Gasteiger partial charge in [0.25, 0.3) is 5.69 Å². The number of alkyl halides is 1. The first-order valence-corrected chi connectivity index (χ1v) is 9.70. The van der Waals surface area contributed by atoms with Gasteiger partial charge in [-0.2, -0.15) is 0 Å². The van der Waals surface area contributed by atoms with Crippen molar-refractivity contribution in [3.05, 3.63) is 64.2 Å². The zero-order valence-corrected chi connectivity index (χ0v) is 17.1. The van der Waals surface area contributed by atoms with Crippen molar-refractivity contribution < 1.29 is 28.7 Å². The number of carbonyl (C=O) groups is 2. The van der Waals surface area contributed by atoms with Crippen LogP contribution in [-0.2, 0) is 19.1 Å². The van der Waals surface area contributed by atoms with E-state index in [1.807, 2.05) is 0 Å². The Morgan fingerprint density at radius 3 is 2.34 bits per heavy atom. The minimum absolute atomic E-state index is 0.136. The smallest absolute Gasteiger partial charge is 0.348 e. The van der Waals surface area contributed by atoms with Crippen LogP contribution in [-0.4, -0.2) is 43.1 Å². The minimum Gasteiger partial charge on any atom is -0.497 e. The topological polar surface area (TPSA) is 105 Å². The third kappa shape index (κ3) is 5.85. The summed E-state index contributed by atoms with van der Waals surface area (Å²) < 4.78 is 15.2. The number of ether oxygens (including phenoxy) is 3. The van der Waals surface area contributed by atoms with Crippen molar-refractivity contribution in [1.82, 2.24) is 0 Å². The summed E-state index contributed by atoms with van der Waals surface area (Å²) in [5.74, 6) is -1.51. The maximum Gasteiger partial charge on any atom is 0.348 e. The molecule has 0 bridgehead atoms. The van der Waals surface area contributed by atoms with Crippen molar-refractivity contribution in [2.24, 2.45) is 0 Å². The zero-order chi connectivity index (χ0) is 21.4. The number of benzene rings is 2. The van der Waals surface area contributed by atoms with Gasteiger partial charge in [0.15, 0.2) is 0 Å². The standard InChI is InChI=1S/C19H18ClNO7S/c1-26-13-9-7-12(8-10-13)18(17(19(23)27-2)28-16(22)11-20)29-15-6-4-3-5-14(15)21(24)25/h3-10,17-18H,11H2,1-2H3/t17-,18-/m0/s1. The summed E-state index contributed by atoms with van der Waals surface area (Å²) in [6.45, 7) is 0. The molecule has 0 aromatic heterocycles. The fourth-order valence-electron chi connectivity index (χ4n) is 2.47. The van der Waals surface area contributed by atoms with E-state index in [0.717, 1.165) is 18.9 Å². The molecule has 0 radical (unpaired) electrons. The number of methoxy groups -OCH3 is 2. The molecule has 2 aromatic carbocycles. The summed E-state index contributed by atoms with van der Waals surface area (Å²) in [5.41, 5.74) is 0.440. The molecule has 2 aromatic rings. The van der Waals surface area contributed by atoms with E-state index in [-0.39, 0.29) is 5.69 Å². The summed E-state index contributed by atoms with van der Waals surface area (Å²) in [6, 6.07) is 12.8. The van der Waals surface area contributed by atoms with Crippen molar-refractivity contribution >= 4 is 41.0 Å². The lowest BCUT2D eigenvalue weighted by atomic mass is 10.1. The van der Waals surface area contributed by atoms with Gasteiger partial charge in [0.05, 0.1) is 29.3 Å². The Morgan fingerprint density at radius 1 is 1.14 bits per heavy atom. The van der Waals surface area contributed by atoms with Gasteiger partial charge in [0.2, 0.25) is 6.10 Å². The number of esters is 2. The van der Waals surface area contributed by atoms with Crippen LogP contribution >= 0.6 is 23.4 Å². The summed E-state index contributed by atoms with van der Waals surface area (Å²) in [5, 5.41) is 10.6. The molecule has 2 atom stereocenters. The molecule has 29 heavy (non-hydrogen) atoms. The average Bonchev–Trinajstić information content (AvgIpc) is 2.75. The van der Waals surface area contributed by atoms with Crippen molar-refractivity contribution in [2.75, 3.05) is 20.1 Å². The van der Waals surface area contributed by atoms with Gasteiger partial charge in [-0.3, -0.25) is 14.9 Å². The van der Waals surface area contributed by atoms with Crippen LogP contribution in [0.4, 0.5) is 5.69 Å². The summed E-state index contributed by atoms with van der Waals surface area (Å²) >= 11 is 6.53. The molecule has 0 N–H and O–H groups in total. The number of hydrogen-bond donors (Lipinski definition) is 0. The lowest BCUT2D eigenvalue weighted by Crippen LogP contribution is -2.33. The van der Waals surface area contributed by atoms with Crippen LogP contribution in [0.25, 0.3) is 0 Å². The van der Waals surface area contributed by atoms with E-state index >= 15 is 0 Å². The Balaban J connectivity index is 2.52. The molecule has 0 amide bonds. The first-order valence-electron chi connectivity index (χ1n) is 8.28. The molecule has 0 aliphatic rings. The second-order valence-electron chi connectivity index (χ2n) is 5.60. The van der Waals surface area contributed by atoms with E-state index in [2.05, 4.69) is 0 Å². The SMILES string of the molecule is COC(=O)[C@@H](OC(=O)CCl)[C@@H](Sc1ccccc1[N+](=O)[O-])c1ccc(OC)cc1. The normalized spacial score (nSPS) is 12.5. The highest BCUT2D eigenvalue weighted by Gasteiger charge is 2.36. The van der Waals surface area contributed by atoms with Gasteiger partial charge in [0.1, 0.15) is 11.6 Å². The number of nitro groups is 1. The molecule has 10 heteroatoms. The Hall–Kier alpha value is -2.78. The molecule has 154 valence electrons. The van der Waals surface area contributed by atoms with Gasteiger partial charge in [-0.05, 0) is 23.8 Å². The number of nitrogens with zero attached hydrogens (tertiary/aromatic N) is 1. The summed E-state index contributed by atoms with van der Waals surface area (Å²) in [7, 11) is 2.67. The zero-order valence-electron chi connectivity index (χ0n) is 15.6. The van der Waals surface area contributed by atoms with E-state index in [1.54, 1.807) is 36.4 Å². The number of hydrogen-bond acceptors (Lipinski definition) is 8. The van der Waals surface area contributed by atoms with E-state index in [1.165, 1.54) is 19.2 Å². The van der Waals surface area contributed by atoms with Crippen molar-refractivity contribution in [1.29, 1.82) is 0 Å². The highest BCUT2D eigenvalue weighted by atomic mass is 35.5. The second kappa shape index (κ2) is 10.7. The van der Waals surface area contributed by atoms with E-state index in [9.17, 15) is 19.7 Å². The summed E-state index contributed by atoms with van der Waals surface area (Å²) in [4.78, 5) is 35.4. The fourth-order valence-corrected chi connectivity index (χ4v) is 3.81. The van der Waals surface area contributed by atoms with Crippen LogP contribution in [0, 0.1) is 10.1 Å². The number of nitro benzene ring substituents is 1. The van der Waals surface area contributed by atoms with Gasteiger partial charge >= 0.3 is 11.9 Å². The number of thioether (sulfide) groups is 1. The molecule has 2 rings (SSSR count). The molecule has 0 saturated heterocycles. The predicted octanol–water partition coefficient (Wildman–Crippen LogP) is 3.76. The maximum atomic E-state index is 12.4. The highest BCUT2D eigenvalue weighted by molar-refractivity contribution is 7.99. The Bertz CT molecular complexity index is 875.